The molecule has 0 spiro atoms. The molecule has 1 aliphatic rings. The van der Waals surface area contributed by atoms with Gasteiger partial charge in [0.05, 0.1) is 24.1 Å². The molecule has 0 radical (unpaired) electrons. The lowest BCUT2D eigenvalue weighted by atomic mass is 9.97. The van der Waals surface area contributed by atoms with Crippen LogP contribution in [0.2, 0.25) is 0 Å². The highest BCUT2D eigenvalue weighted by atomic mass is 32.2. The Morgan fingerprint density at radius 1 is 1.25 bits per heavy atom. The zero-order valence-corrected chi connectivity index (χ0v) is 17.7. The number of piperidine rings is 1. The highest BCUT2D eigenvalue weighted by Crippen LogP contribution is 2.25. The van der Waals surface area contributed by atoms with E-state index >= 15 is 0 Å². The highest BCUT2D eigenvalue weighted by Gasteiger charge is 2.33. The summed E-state index contributed by atoms with van der Waals surface area (Å²) in [6, 6.07) is 2.00. The smallest absolute Gasteiger partial charge is 0.246 e. The van der Waals surface area contributed by atoms with Crippen LogP contribution >= 0.6 is 0 Å². The lowest BCUT2D eigenvalue weighted by Crippen LogP contribution is -2.43. The normalized spacial score (nSPS) is 16.4. The number of aromatic nitrogens is 4. The largest absolute Gasteiger partial charge is 0.354 e. The van der Waals surface area contributed by atoms with E-state index in [0.29, 0.717) is 44.7 Å². The van der Waals surface area contributed by atoms with Crippen molar-refractivity contribution in [1.82, 2.24) is 29.2 Å². The van der Waals surface area contributed by atoms with Gasteiger partial charge in [0.2, 0.25) is 15.9 Å². The van der Waals surface area contributed by atoms with Crippen LogP contribution in [0.4, 0.5) is 0 Å². The molecule has 1 fully saturated rings. The topological polar surface area (TPSA) is 102 Å². The molecule has 10 heteroatoms. The molecule has 2 aromatic heterocycles. The number of carbonyl (C=O) groups is 1. The molecule has 3 heterocycles. The summed E-state index contributed by atoms with van der Waals surface area (Å²) in [5.41, 5.74) is 2.64. The summed E-state index contributed by atoms with van der Waals surface area (Å²) >= 11 is 0. The molecule has 2 aromatic rings. The number of nitrogens with one attached hydrogen (secondary N) is 1. The van der Waals surface area contributed by atoms with Crippen LogP contribution < -0.4 is 5.32 Å². The zero-order valence-electron chi connectivity index (χ0n) is 16.8. The maximum Gasteiger partial charge on any atom is 0.246 e. The minimum atomic E-state index is -3.57. The van der Waals surface area contributed by atoms with Gasteiger partial charge in [0, 0.05) is 38.3 Å². The maximum absolute atomic E-state index is 12.8. The molecule has 1 saturated heterocycles. The SMILES string of the molecule is Cc1cc(C)n(CCNC(=O)C2CCN(S(=O)(=O)c3cnn(C)c3C)CC2)n1. The summed E-state index contributed by atoms with van der Waals surface area (Å²) in [5, 5.41) is 11.4. The van der Waals surface area contributed by atoms with Gasteiger partial charge in [-0.2, -0.15) is 14.5 Å². The number of carbonyl (C=O) groups excluding carboxylic acids is 1. The summed E-state index contributed by atoms with van der Waals surface area (Å²) in [7, 11) is -1.85. The summed E-state index contributed by atoms with van der Waals surface area (Å²) in [6.07, 6.45) is 2.43. The van der Waals surface area contributed by atoms with Gasteiger partial charge in [-0.3, -0.25) is 14.2 Å². The molecule has 0 atom stereocenters. The Hall–Kier alpha value is -2.20. The van der Waals surface area contributed by atoms with Gasteiger partial charge >= 0.3 is 0 Å². The van der Waals surface area contributed by atoms with Gasteiger partial charge in [0.25, 0.3) is 0 Å². The zero-order chi connectivity index (χ0) is 20.5. The maximum atomic E-state index is 12.8. The highest BCUT2D eigenvalue weighted by molar-refractivity contribution is 7.89. The third-order valence-electron chi connectivity index (χ3n) is 5.36. The Balaban J connectivity index is 1.51. The van der Waals surface area contributed by atoms with Crippen LogP contribution in [0.5, 0.6) is 0 Å². The Morgan fingerprint density at radius 3 is 2.46 bits per heavy atom. The standard InChI is InChI=1S/C18H28N6O3S/c1-13-11-14(2)24(21-13)10-7-19-18(25)16-5-8-23(9-6-16)28(26,27)17-12-20-22(4)15(17)3/h11-12,16H,5-10H2,1-4H3,(H,19,25). The lowest BCUT2D eigenvalue weighted by Gasteiger charge is -2.30. The first kappa shape index (κ1) is 20.5. The summed E-state index contributed by atoms with van der Waals surface area (Å²) in [5.74, 6) is -0.182. The van der Waals surface area contributed by atoms with Crippen LogP contribution in [0.1, 0.15) is 29.9 Å². The number of rotatable bonds is 6. The number of aryl methyl sites for hydroxylation is 3. The van der Waals surface area contributed by atoms with Gasteiger partial charge in [-0.25, -0.2) is 8.42 Å². The second-order valence-corrected chi connectivity index (χ2v) is 9.24. The van der Waals surface area contributed by atoms with Gasteiger partial charge in [0.15, 0.2) is 0 Å². The molecule has 0 aliphatic carbocycles. The summed E-state index contributed by atoms with van der Waals surface area (Å²) < 4.78 is 30.5. The molecule has 1 N–H and O–H groups in total. The van der Waals surface area contributed by atoms with Crippen molar-refractivity contribution in [2.24, 2.45) is 13.0 Å². The van der Waals surface area contributed by atoms with Crippen molar-refractivity contribution in [3.63, 3.8) is 0 Å². The Morgan fingerprint density at radius 2 is 1.93 bits per heavy atom. The molecule has 0 unspecified atom stereocenters. The second kappa shape index (κ2) is 8.04. The molecule has 0 saturated carbocycles. The first-order valence-corrected chi connectivity index (χ1v) is 10.9. The number of hydrogen-bond donors (Lipinski definition) is 1. The Labute approximate surface area is 165 Å². The predicted octanol–water partition coefficient (Wildman–Crippen LogP) is 0.759. The average molecular weight is 409 g/mol. The molecule has 154 valence electrons. The van der Waals surface area contributed by atoms with E-state index in [-0.39, 0.29) is 16.7 Å². The van der Waals surface area contributed by atoms with Crippen LogP contribution in [0.15, 0.2) is 17.2 Å². The van der Waals surface area contributed by atoms with Crippen molar-refractivity contribution in [1.29, 1.82) is 0 Å². The van der Waals surface area contributed by atoms with Crippen molar-refractivity contribution in [3.8, 4) is 0 Å². The van der Waals surface area contributed by atoms with Crippen molar-refractivity contribution < 1.29 is 13.2 Å². The van der Waals surface area contributed by atoms with E-state index in [2.05, 4.69) is 15.5 Å². The summed E-state index contributed by atoms with van der Waals surface area (Å²) in [4.78, 5) is 12.7. The van der Waals surface area contributed by atoms with Crippen molar-refractivity contribution in [3.05, 3.63) is 29.3 Å². The Kier molecular flexibility index (Phi) is 5.90. The molecular weight excluding hydrogens is 380 g/mol. The fourth-order valence-corrected chi connectivity index (χ4v) is 5.22. The van der Waals surface area contributed by atoms with Crippen LogP contribution in [-0.4, -0.2) is 57.8 Å². The lowest BCUT2D eigenvalue weighted by molar-refractivity contribution is -0.126. The van der Waals surface area contributed by atoms with E-state index in [1.807, 2.05) is 24.6 Å². The third kappa shape index (κ3) is 4.12. The molecule has 28 heavy (non-hydrogen) atoms. The van der Waals surface area contributed by atoms with Crippen molar-refractivity contribution in [2.75, 3.05) is 19.6 Å². The van der Waals surface area contributed by atoms with E-state index in [9.17, 15) is 13.2 Å². The quantitative estimate of drug-likeness (QED) is 0.760. The monoisotopic (exact) mass is 408 g/mol. The predicted molar refractivity (Wildman–Crippen MR) is 104 cm³/mol. The molecule has 0 bridgehead atoms. The van der Waals surface area contributed by atoms with E-state index < -0.39 is 10.0 Å². The van der Waals surface area contributed by atoms with Gasteiger partial charge in [0.1, 0.15) is 4.90 Å². The molecule has 3 rings (SSSR count). The average Bonchev–Trinajstić information content (AvgIpc) is 3.16. The second-order valence-electron chi connectivity index (χ2n) is 7.34. The van der Waals surface area contributed by atoms with Gasteiger partial charge in [-0.1, -0.05) is 0 Å². The number of amides is 1. The van der Waals surface area contributed by atoms with Crippen LogP contribution in [0, 0.1) is 26.7 Å². The van der Waals surface area contributed by atoms with E-state index in [0.717, 1.165) is 11.4 Å². The minimum Gasteiger partial charge on any atom is -0.354 e. The first-order chi connectivity index (χ1) is 13.2. The summed E-state index contributed by atoms with van der Waals surface area (Å²) in [6.45, 7) is 7.48. The Bertz CT molecular complexity index is 954. The van der Waals surface area contributed by atoms with Crippen LogP contribution in [0.25, 0.3) is 0 Å². The molecule has 1 aliphatic heterocycles. The van der Waals surface area contributed by atoms with Crippen LogP contribution in [0.3, 0.4) is 0 Å². The van der Waals surface area contributed by atoms with E-state index in [1.54, 1.807) is 18.7 Å². The van der Waals surface area contributed by atoms with Gasteiger partial charge in [-0.15, -0.1) is 0 Å². The molecular formula is C18H28N6O3S. The van der Waals surface area contributed by atoms with Gasteiger partial charge in [-0.05, 0) is 39.7 Å². The number of hydrogen-bond acceptors (Lipinski definition) is 5. The van der Waals surface area contributed by atoms with Crippen molar-refractivity contribution in [2.45, 2.75) is 45.1 Å². The first-order valence-electron chi connectivity index (χ1n) is 9.47. The minimum absolute atomic E-state index is 0.0175. The number of sulfonamides is 1. The fourth-order valence-electron chi connectivity index (χ4n) is 3.56. The fraction of sp³-hybridized carbons (Fsp3) is 0.611. The third-order valence-corrected chi connectivity index (χ3v) is 7.36. The molecule has 0 aromatic carbocycles. The number of nitrogens with zero attached hydrogens (tertiary/aromatic N) is 5. The van der Waals surface area contributed by atoms with Gasteiger partial charge < -0.3 is 5.32 Å². The van der Waals surface area contributed by atoms with E-state index in [4.69, 9.17) is 0 Å². The molecule has 1 amide bonds. The van der Waals surface area contributed by atoms with E-state index in [1.165, 1.54) is 10.5 Å². The molecule has 9 nitrogen and oxygen atoms in total. The van der Waals surface area contributed by atoms with Crippen LogP contribution in [-0.2, 0) is 28.4 Å². The van der Waals surface area contributed by atoms with Crippen molar-refractivity contribution >= 4 is 15.9 Å².